The number of hydrogen-bond acceptors (Lipinski definition) is 5. The van der Waals surface area contributed by atoms with Gasteiger partial charge >= 0.3 is 5.97 Å². The van der Waals surface area contributed by atoms with E-state index in [1.165, 1.54) is 7.11 Å². The lowest BCUT2D eigenvalue weighted by Crippen LogP contribution is -2.35. The maximum atomic E-state index is 12.3. The van der Waals surface area contributed by atoms with Gasteiger partial charge in [-0.05, 0) is 5.41 Å². The number of carbonyl (C=O) groups excluding carboxylic acids is 2. The maximum absolute atomic E-state index is 12.3. The van der Waals surface area contributed by atoms with Crippen LogP contribution in [0.1, 0.15) is 33.6 Å². The van der Waals surface area contributed by atoms with Crippen LogP contribution in [-0.2, 0) is 19.1 Å². The highest BCUT2D eigenvalue weighted by molar-refractivity contribution is 6.01. The number of carbonyl (C=O) groups is 2. The Morgan fingerprint density at radius 1 is 1.42 bits per heavy atom. The highest BCUT2D eigenvalue weighted by Gasteiger charge is 2.42. The van der Waals surface area contributed by atoms with Crippen molar-refractivity contribution < 1.29 is 19.1 Å². The van der Waals surface area contributed by atoms with Crippen LogP contribution in [0.4, 0.5) is 0 Å². The second-order valence-corrected chi connectivity index (χ2v) is 5.87. The number of Topliss-reactive ketones (excluding diaryl/α,β-unsaturated/α-hetero) is 1. The van der Waals surface area contributed by atoms with Crippen molar-refractivity contribution in [3.8, 4) is 0 Å². The van der Waals surface area contributed by atoms with Crippen LogP contribution in [0.5, 0.6) is 0 Å². The van der Waals surface area contributed by atoms with E-state index in [-0.39, 0.29) is 28.6 Å². The SMILES string of the molecule is COC(=O)C1=C(N)OC2=C(C(=O)CC(C)(C)C2)[C@@H]1C. The third-order valence-electron chi connectivity index (χ3n) is 3.65. The molecule has 2 N–H and O–H groups in total. The van der Waals surface area contributed by atoms with Crippen molar-refractivity contribution in [3.05, 3.63) is 22.8 Å². The summed E-state index contributed by atoms with van der Waals surface area (Å²) in [4.78, 5) is 24.0. The summed E-state index contributed by atoms with van der Waals surface area (Å²) >= 11 is 0. The summed E-state index contributed by atoms with van der Waals surface area (Å²) in [7, 11) is 1.28. The van der Waals surface area contributed by atoms with E-state index in [0.29, 0.717) is 24.2 Å². The van der Waals surface area contributed by atoms with Crippen LogP contribution < -0.4 is 5.73 Å². The molecule has 104 valence electrons. The minimum atomic E-state index is -0.547. The molecule has 0 aromatic heterocycles. The Balaban J connectivity index is 2.43. The Hall–Kier alpha value is -1.78. The zero-order valence-corrected chi connectivity index (χ0v) is 11.7. The molecular formula is C14H19NO4. The highest BCUT2D eigenvalue weighted by atomic mass is 16.5. The normalized spacial score (nSPS) is 25.9. The first-order valence-electron chi connectivity index (χ1n) is 6.29. The van der Waals surface area contributed by atoms with Gasteiger partial charge in [0.15, 0.2) is 5.78 Å². The summed E-state index contributed by atoms with van der Waals surface area (Å²) in [6.45, 7) is 5.81. The number of nitrogens with two attached hydrogens (primary N) is 1. The number of ketones is 1. The van der Waals surface area contributed by atoms with Crippen LogP contribution in [0.2, 0.25) is 0 Å². The average Bonchev–Trinajstić information content (AvgIpc) is 2.25. The largest absolute Gasteiger partial charge is 0.465 e. The van der Waals surface area contributed by atoms with Crippen LogP contribution in [0.3, 0.4) is 0 Å². The minimum absolute atomic E-state index is 0.0210. The first-order chi connectivity index (χ1) is 8.76. The lowest BCUT2D eigenvalue weighted by Gasteiger charge is -2.36. The molecule has 0 fully saturated rings. The van der Waals surface area contributed by atoms with Crippen LogP contribution in [0.15, 0.2) is 22.8 Å². The van der Waals surface area contributed by atoms with E-state index in [2.05, 4.69) is 0 Å². The van der Waals surface area contributed by atoms with Gasteiger partial charge in [-0.15, -0.1) is 0 Å². The maximum Gasteiger partial charge on any atom is 0.339 e. The van der Waals surface area contributed by atoms with Crippen LogP contribution in [0.25, 0.3) is 0 Å². The summed E-state index contributed by atoms with van der Waals surface area (Å²) < 4.78 is 10.2. The predicted octanol–water partition coefficient (Wildman–Crippen LogP) is 1.64. The summed E-state index contributed by atoms with van der Waals surface area (Å²) in [5, 5.41) is 0. The molecule has 2 aliphatic rings. The molecule has 1 atom stereocenters. The van der Waals surface area contributed by atoms with Crippen molar-refractivity contribution in [1.82, 2.24) is 0 Å². The van der Waals surface area contributed by atoms with Crippen LogP contribution in [-0.4, -0.2) is 18.9 Å². The fourth-order valence-corrected chi connectivity index (χ4v) is 2.78. The van der Waals surface area contributed by atoms with Gasteiger partial charge in [0.25, 0.3) is 0 Å². The lowest BCUT2D eigenvalue weighted by molar-refractivity contribution is -0.137. The molecule has 0 amide bonds. The number of esters is 1. The summed E-state index contributed by atoms with van der Waals surface area (Å²) in [5.74, 6) is -0.260. The number of methoxy groups -OCH3 is 1. The second kappa shape index (κ2) is 4.40. The molecule has 5 nitrogen and oxygen atoms in total. The Morgan fingerprint density at radius 2 is 2.05 bits per heavy atom. The third-order valence-corrected chi connectivity index (χ3v) is 3.65. The van der Waals surface area contributed by atoms with E-state index < -0.39 is 5.97 Å². The number of allylic oxidation sites excluding steroid dienone is 2. The van der Waals surface area contributed by atoms with Crippen molar-refractivity contribution in [2.45, 2.75) is 33.6 Å². The summed E-state index contributed by atoms with van der Waals surface area (Å²) in [5.41, 5.74) is 6.45. The average molecular weight is 265 g/mol. The van der Waals surface area contributed by atoms with E-state index in [0.717, 1.165) is 0 Å². The van der Waals surface area contributed by atoms with Gasteiger partial charge in [0.2, 0.25) is 5.88 Å². The van der Waals surface area contributed by atoms with Gasteiger partial charge in [-0.2, -0.15) is 0 Å². The second-order valence-electron chi connectivity index (χ2n) is 5.87. The molecule has 0 radical (unpaired) electrons. The van der Waals surface area contributed by atoms with Gasteiger partial charge in [0, 0.05) is 24.3 Å². The van der Waals surface area contributed by atoms with Crippen molar-refractivity contribution in [2.75, 3.05) is 7.11 Å². The topological polar surface area (TPSA) is 78.6 Å². The van der Waals surface area contributed by atoms with Crippen LogP contribution in [0, 0.1) is 11.3 Å². The van der Waals surface area contributed by atoms with Gasteiger partial charge in [-0.3, -0.25) is 4.79 Å². The summed E-state index contributed by atoms with van der Waals surface area (Å²) in [6.07, 6.45) is 1.10. The molecule has 1 aliphatic carbocycles. The van der Waals surface area contributed by atoms with Crippen molar-refractivity contribution in [2.24, 2.45) is 17.1 Å². The van der Waals surface area contributed by atoms with Crippen LogP contribution >= 0.6 is 0 Å². The molecule has 0 aromatic carbocycles. The molecule has 1 aliphatic heterocycles. The van der Waals surface area contributed by atoms with Gasteiger partial charge in [-0.1, -0.05) is 20.8 Å². The molecule has 0 spiro atoms. The highest BCUT2D eigenvalue weighted by Crippen LogP contribution is 2.44. The molecular weight excluding hydrogens is 246 g/mol. The fraction of sp³-hybridized carbons (Fsp3) is 0.571. The molecule has 0 saturated heterocycles. The molecule has 1 heterocycles. The van der Waals surface area contributed by atoms with E-state index in [9.17, 15) is 9.59 Å². The molecule has 0 saturated carbocycles. The molecule has 19 heavy (non-hydrogen) atoms. The molecule has 0 bridgehead atoms. The first kappa shape index (κ1) is 13.6. The zero-order valence-electron chi connectivity index (χ0n) is 11.7. The quantitative estimate of drug-likeness (QED) is 0.729. The number of ether oxygens (including phenoxy) is 2. The Kier molecular flexibility index (Phi) is 3.16. The zero-order chi connectivity index (χ0) is 14.4. The van der Waals surface area contributed by atoms with Crippen molar-refractivity contribution in [3.63, 3.8) is 0 Å². The van der Waals surface area contributed by atoms with Gasteiger partial charge < -0.3 is 15.2 Å². The van der Waals surface area contributed by atoms with E-state index in [1.807, 2.05) is 13.8 Å². The standard InChI is InChI=1S/C14H19NO4/c1-7-10-8(16)5-14(2,3)6-9(10)19-12(15)11(7)13(17)18-4/h7H,5-6,15H2,1-4H3/t7-/m0/s1. The predicted molar refractivity (Wildman–Crippen MR) is 68.5 cm³/mol. The number of hydrogen-bond donors (Lipinski definition) is 1. The number of rotatable bonds is 1. The van der Waals surface area contributed by atoms with Gasteiger partial charge in [0.1, 0.15) is 11.3 Å². The van der Waals surface area contributed by atoms with Gasteiger partial charge in [-0.25, -0.2) is 4.79 Å². The molecule has 5 heteroatoms. The molecule has 0 unspecified atom stereocenters. The van der Waals surface area contributed by atoms with E-state index in [4.69, 9.17) is 15.2 Å². The Morgan fingerprint density at radius 3 is 2.63 bits per heavy atom. The molecule has 0 aromatic rings. The Labute approximate surface area is 112 Å². The fourth-order valence-electron chi connectivity index (χ4n) is 2.78. The lowest BCUT2D eigenvalue weighted by atomic mass is 9.72. The smallest absolute Gasteiger partial charge is 0.339 e. The monoisotopic (exact) mass is 265 g/mol. The Bertz CT molecular complexity index is 514. The van der Waals surface area contributed by atoms with E-state index >= 15 is 0 Å². The van der Waals surface area contributed by atoms with Crippen molar-refractivity contribution in [1.29, 1.82) is 0 Å². The first-order valence-corrected chi connectivity index (χ1v) is 6.29. The summed E-state index contributed by atoms with van der Waals surface area (Å²) in [6, 6.07) is 0. The van der Waals surface area contributed by atoms with Crippen molar-refractivity contribution >= 4 is 11.8 Å². The van der Waals surface area contributed by atoms with Gasteiger partial charge in [0.05, 0.1) is 7.11 Å². The minimum Gasteiger partial charge on any atom is -0.465 e. The third kappa shape index (κ3) is 2.25. The van der Waals surface area contributed by atoms with E-state index in [1.54, 1.807) is 6.92 Å². The molecule has 2 rings (SSSR count).